The van der Waals surface area contributed by atoms with Crippen LogP contribution in [-0.4, -0.2) is 20.7 Å². The minimum Gasteiger partial charge on any atom is -0.320 e. The highest BCUT2D eigenvalue weighted by Crippen LogP contribution is 2.20. The molecule has 4 nitrogen and oxygen atoms in total. The Balaban J connectivity index is 2.91. The number of nitrogens with one attached hydrogen (secondary N) is 1. The highest BCUT2D eigenvalue weighted by atomic mass is 35.5. The van der Waals surface area contributed by atoms with E-state index in [9.17, 15) is 8.42 Å². The van der Waals surface area contributed by atoms with Crippen LogP contribution in [0.3, 0.4) is 0 Å². The standard InChI is InChI=1S/C13H17ClN2O2S/c1-2-3-9-19(17,18)16-12-6-7-13(14)11(10-12)5-4-8-15/h6-7,10,16H,2-3,8-9,15H2,1H3. The number of halogens is 1. The van der Waals surface area contributed by atoms with Gasteiger partial charge in [0.15, 0.2) is 0 Å². The second-order valence-electron chi connectivity index (χ2n) is 3.98. The first-order valence-electron chi connectivity index (χ1n) is 5.97. The van der Waals surface area contributed by atoms with Crippen molar-refractivity contribution in [3.63, 3.8) is 0 Å². The molecule has 6 heteroatoms. The lowest BCUT2D eigenvalue weighted by Gasteiger charge is -2.08. The van der Waals surface area contributed by atoms with E-state index in [2.05, 4.69) is 16.6 Å². The summed E-state index contributed by atoms with van der Waals surface area (Å²) >= 11 is 5.97. The number of anilines is 1. The molecule has 0 spiro atoms. The van der Waals surface area contributed by atoms with Gasteiger partial charge in [0.05, 0.1) is 17.3 Å². The Morgan fingerprint density at radius 3 is 2.79 bits per heavy atom. The Kier molecular flexibility index (Phi) is 6.16. The fourth-order valence-corrected chi connectivity index (χ4v) is 2.82. The summed E-state index contributed by atoms with van der Waals surface area (Å²) in [6, 6.07) is 4.83. The van der Waals surface area contributed by atoms with Crippen LogP contribution in [0.15, 0.2) is 18.2 Å². The molecule has 3 N–H and O–H groups in total. The molecule has 0 aliphatic carbocycles. The van der Waals surface area contributed by atoms with E-state index in [1.165, 1.54) is 0 Å². The summed E-state index contributed by atoms with van der Waals surface area (Å²) in [7, 11) is -3.31. The molecule has 1 rings (SSSR count). The Morgan fingerprint density at radius 2 is 2.16 bits per heavy atom. The monoisotopic (exact) mass is 300 g/mol. The van der Waals surface area contributed by atoms with E-state index in [-0.39, 0.29) is 12.3 Å². The van der Waals surface area contributed by atoms with Crippen LogP contribution >= 0.6 is 11.6 Å². The zero-order valence-electron chi connectivity index (χ0n) is 10.7. The fourth-order valence-electron chi connectivity index (χ4n) is 1.40. The first-order chi connectivity index (χ1) is 8.98. The zero-order chi connectivity index (χ0) is 14.3. The number of hydrogen-bond donors (Lipinski definition) is 2. The first kappa shape index (κ1) is 15.8. The topological polar surface area (TPSA) is 72.2 Å². The van der Waals surface area contributed by atoms with E-state index in [1.54, 1.807) is 18.2 Å². The van der Waals surface area contributed by atoms with Crippen molar-refractivity contribution < 1.29 is 8.42 Å². The van der Waals surface area contributed by atoms with Crippen LogP contribution in [0.25, 0.3) is 0 Å². The molecule has 0 amide bonds. The predicted octanol–water partition coefficient (Wildman–Crippen LogP) is 2.19. The number of unbranched alkanes of at least 4 members (excludes halogenated alkanes) is 1. The SMILES string of the molecule is CCCCS(=O)(=O)Nc1ccc(Cl)c(C#CCN)c1. The van der Waals surface area contributed by atoms with Gasteiger partial charge in [0, 0.05) is 11.3 Å². The van der Waals surface area contributed by atoms with E-state index in [0.717, 1.165) is 6.42 Å². The van der Waals surface area contributed by atoms with Gasteiger partial charge in [0.2, 0.25) is 10.0 Å². The molecule has 0 fully saturated rings. The maximum Gasteiger partial charge on any atom is 0.232 e. The van der Waals surface area contributed by atoms with Crippen LogP contribution in [0.1, 0.15) is 25.3 Å². The van der Waals surface area contributed by atoms with Crippen LogP contribution in [0.4, 0.5) is 5.69 Å². The van der Waals surface area contributed by atoms with Crippen molar-refractivity contribution in [1.29, 1.82) is 0 Å². The highest BCUT2D eigenvalue weighted by molar-refractivity contribution is 7.92. The average molecular weight is 301 g/mol. The third-order valence-electron chi connectivity index (χ3n) is 2.33. The van der Waals surface area contributed by atoms with Crippen molar-refractivity contribution in [1.82, 2.24) is 0 Å². The first-order valence-corrected chi connectivity index (χ1v) is 8.00. The molecule has 0 aromatic heterocycles. The molecular weight excluding hydrogens is 284 g/mol. The molecular formula is C13H17ClN2O2S. The van der Waals surface area contributed by atoms with Crippen LogP contribution in [0.2, 0.25) is 5.02 Å². The van der Waals surface area contributed by atoms with E-state index >= 15 is 0 Å². The molecule has 1 aromatic rings. The van der Waals surface area contributed by atoms with E-state index in [4.69, 9.17) is 17.3 Å². The largest absolute Gasteiger partial charge is 0.320 e. The minimum atomic E-state index is -3.31. The van der Waals surface area contributed by atoms with Crippen molar-refractivity contribution in [2.45, 2.75) is 19.8 Å². The van der Waals surface area contributed by atoms with E-state index < -0.39 is 10.0 Å². The molecule has 1 aromatic carbocycles. The van der Waals surface area contributed by atoms with Gasteiger partial charge in [-0.3, -0.25) is 4.72 Å². The maximum absolute atomic E-state index is 11.8. The van der Waals surface area contributed by atoms with Gasteiger partial charge in [-0.15, -0.1) is 0 Å². The molecule has 104 valence electrons. The fraction of sp³-hybridized carbons (Fsp3) is 0.385. The molecule has 0 aliphatic rings. The molecule has 0 bridgehead atoms. The van der Waals surface area contributed by atoms with Crippen LogP contribution in [-0.2, 0) is 10.0 Å². The molecule has 0 atom stereocenters. The molecule has 0 aliphatic heterocycles. The van der Waals surface area contributed by atoms with Crippen LogP contribution < -0.4 is 10.5 Å². The predicted molar refractivity (Wildman–Crippen MR) is 79.7 cm³/mol. The van der Waals surface area contributed by atoms with Crippen molar-refractivity contribution in [3.8, 4) is 11.8 Å². The Bertz CT molecular complexity index is 588. The summed E-state index contributed by atoms with van der Waals surface area (Å²) in [6.07, 6.45) is 1.46. The Hall–Kier alpha value is -1.22. The molecule has 0 saturated carbocycles. The maximum atomic E-state index is 11.8. The zero-order valence-corrected chi connectivity index (χ0v) is 12.3. The van der Waals surface area contributed by atoms with Gasteiger partial charge < -0.3 is 5.73 Å². The lowest BCUT2D eigenvalue weighted by molar-refractivity contribution is 0.598. The Morgan fingerprint density at radius 1 is 1.42 bits per heavy atom. The molecule has 0 heterocycles. The lowest BCUT2D eigenvalue weighted by Crippen LogP contribution is -2.16. The van der Waals surface area contributed by atoms with Crippen molar-refractivity contribution in [2.24, 2.45) is 5.73 Å². The van der Waals surface area contributed by atoms with Gasteiger partial charge in [-0.2, -0.15) is 0 Å². The van der Waals surface area contributed by atoms with Gasteiger partial charge in [-0.05, 0) is 24.6 Å². The second-order valence-corrected chi connectivity index (χ2v) is 6.22. The summed E-state index contributed by atoms with van der Waals surface area (Å²) in [5, 5.41) is 0.470. The molecule has 0 saturated heterocycles. The third kappa shape index (κ3) is 5.52. The van der Waals surface area contributed by atoms with Crippen LogP contribution in [0, 0.1) is 11.8 Å². The van der Waals surface area contributed by atoms with Crippen molar-refractivity contribution in [3.05, 3.63) is 28.8 Å². The van der Waals surface area contributed by atoms with Gasteiger partial charge in [0.1, 0.15) is 0 Å². The number of benzene rings is 1. The van der Waals surface area contributed by atoms with E-state index in [0.29, 0.717) is 22.7 Å². The molecule has 0 radical (unpaired) electrons. The van der Waals surface area contributed by atoms with Gasteiger partial charge >= 0.3 is 0 Å². The van der Waals surface area contributed by atoms with E-state index in [1.807, 2.05) is 6.92 Å². The van der Waals surface area contributed by atoms with Crippen LogP contribution in [0.5, 0.6) is 0 Å². The normalized spacial score (nSPS) is 10.7. The van der Waals surface area contributed by atoms with Gasteiger partial charge in [0.25, 0.3) is 0 Å². The third-order valence-corrected chi connectivity index (χ3v) is 4.03. The summed E-state index contributed by atoms with van der Waals surface area (Å²) in [4.78, 5) is 0. The number of rotatable bonds is 5. The van der Waals surface area contributed by atoms with Gasteiger partial charge in [-0.25, -0.2) is 8.42 Å². The second kappa shape index (κ2) is 7.39. The minimum absolute atomic E-state index is 0.107. The number of nitrogens with two attached hydrogens (primary N) is 1. The van der Waals surface area contributed by atoms with Crippen molar-refractivity contribution in [2.75, 3.05) is 17.0 Å². The van der Waals surface area contributed by atoms with Crippen molar-refractivity contribution >= 4 is 27.3 Å². The highest BCUT2D eigenvalue weighted by Gasteiger charge is 2.10. The summed E-state index contributed by atoms with van der Waals surface area (Å²) in [5.74, 6) is 5.59. The Labute approximate surface area is 119 Å². The van der Waals surface area contributed by atoms with Gasteiger partial charge in [-0.1, -0.05) is 36.8 Å². The molecule has 0 unspecified atom stereocenters. The summed E-state index contributed by atoms with van der Waals surface area (Å²) < 4.78 is 26.0. The summed E-state index contributed by atoms with van der Waals surface area (Å²) in [6.45, 7) is 2.17. The summed E-state index contributed by atoms with van der Waals surface area (Å²) in [5.41, 5.74) is 6.31. The smallest absolute Gasteiger partial charge is 0.232 e. The molecule has 19 heavy (non-hydrogen) atoms. The quantitative estimate of drug-likeness (QED) is 0.819. The number of hydrogen-bond acceptors (Lipinski definition) is 3. The number of sulfonamides is 1. The average Bonchev–Trinajstić information content (AvgIpc) is 2.37. The lowest BCUT2D eigenvalue weighted by atomic mass is 10.2.